The van der Waals surface area contributed by atoms with E-state index in [2.05, 4.69) is 254 Å². The first-order chi connectivity index (χ1) is 35.3. The van der Waals surface area contributed by atoms with Gasteiger partial charge in [-0.25, -0.2) is 5.92 Å². The molecule has 0 fully saturated rings. The summed E-state index contributed by atoms with van der Waals surface area (Å²) < 4.78 is 4.22. The first-order valence-electron chi connectivity index (χ1n) is 20.2. The number of hydrogen-bond donors (Lipinski definition) is 0. The molecule has 73 heavy (non-hydrogen) atoms. The van der Waals surface area contributed by atoms with Gasteiger partial charge in [0, 0.05) is 171 Å². The molecular formula is C65H20Ir2N6-2. The molecule has 0 aliphatic carbocycles. The Morgan fingerprint density at radius 1 is 0.384 bits per heavy atom. The summed E-state index contributed by atoms with van der Waals surface area (Å²) in [5.74, 6) is 86.3. The SMILES string of the molecule is [C-]#CC#CC#CC#CC#CC#CC#CC#CC#CC#CC#CC#CC#CC#CC#CC#CC#CC#CC.[Ir].[Ir].[c-]1ccn2c1c1ncccc1c1ccncc12.c1cnc2c(c1)c1ccncc1n1cccc21. The number of rotatable bonds is 0. The Morgan fingerprint density at radius 3 is 1.19 bits per heavy atom. The Labute approximate surface area is 451 Å². The average Bonchev–Trinajstić information content (AvgIpc) is 4.13. The third-order valence-corrected chi connectivity index (χ3v) is 8.40. The predicted octanol–water partition coefficient (Wildman–Crippen LogP) is 6.52. The van der Waals surface area contributed by atoms with Crippen LogP contribution < -0.4 is 0 Å². The molecular weight excluding hydrogens is 1250 g/mol. The summed E-state index contributed by atoms with van der Waals surface area (Å²) in [7, 11) is 0. The van der Waals surface area contributed by atoms with Crippen LogP contribution in [0.15, 0.2) is 104 Å². The van der Waals surface area contributed by atoms with Crippen LogP contribution >= 0.6 is 0 Å². The molecule has 0 saturated carbocycles. The van der Waals surface area contributed by atoms with Crippen LogP contribution in [-0.2, 0) is 40.2 Å². The Balaban J connectivity index is 0.000000261. The van der Waals surface area contributed by atoms with Crippen molar-refractivity contribution in [2.24, 2.45) is 0 Å². The largest absolute Gasteiger partial charge is 0.390 e. The fraction of sp³-hybridized carbons (Fsp3) is 0.0154. The number of pyridine rings is 6. The van der Waals surface area contributed by atoms with Crippen molar-refractivity contribution in [3.63, 3.8) is 0 Å². The van der Waals surface area contributed by atoms with Crippen LogP contribution in [0.25, 0.3) is 54.6 Å². The topological polar surface area (TPSA) is 60.4 Å². The second-order valence-electron chi connectivity index (χ2n) is 12.5. The van der Waals surface area contributed by atoms with E-state index in [9.17, 15) is 0 Å². The average molecular weight is 1270 g/mol. The van der Waals surface area contributed by atoms with Gasteiger partial charge in [0.15, 0.2) is 0 Å². The summed E-state index contributed by atoms with van der Waals surface area (Å²) in [5, 5.41) is 4.68. The maximum atomic E-state index is 6.55. The van der Waals surface area contributed by atoms with E-state index in [1.807, 2.05) is 91.9 Å². The monoisotopic (exact) mass is 1270 g/mol. The van der Waals surface area contributed by atoms with E-state index >= 15 is 0 Å². The second kappa shape index (κ2) is 32.3. The molecule has 0 spiro atoms. The van der Waals surface area contributed by atoms with E-state index in [0.717, 1.165) is 38.5 Å². The zero-order chi connectivity index (χ0) is 49.2. The molecule has 0 bridgehead atoms. The molecule has 0 N–H and O–H groups in total. The van der Waals surface area contributed by atoms with Gasteiger partial charge in [0.1, 0.15) is 0 Å². The normalized spacial score (nSPS) is 7.34. The van der Waals surface area contributed by atoms with Gasteiger partial charge in [-0.1, -0.05) is 29.8 Å². The minimum atomic E-state index is 0. The molecule has 8 heteroatoms. The van der Waals surface area contributed by atoms with Gasteiger partial charge in [-0.15, -0.1) is 5.92 Å². The van der Waals surface area contributed by atoms with E-state index in [4.69, 9.17) is 6.42 Å². The predicted molar refractivity (Wildman–Crippen MR) is 280 cm³/mol. The first kappa shape index (κ1) is 54.1. The summed E-state index contributed by atoms with van der Waals surface area (Å²) in [6.45, 7) is 1.69. The van der Waals surface area contributed by atoms with Gasteiger partial charge >= 0.3 is 0 Å². The number of fused-ring (bicyclic) bond motifs is 12. The molecule has 0 aromatic carbocycles. The minimum Gasteiger partial charge on any atom is -0.390 e. The molecule has 8 aromatic heterocycles. The molecule has 0 atom stereocenters. The molecule has 8 heterocycles. The summed E-state index contributed by atoms with van der Waals surface area (Å²) in [5.41, 5.74) is 6.35. The van der Waals surface area contributed by atoms with Gasteiger partial charge in [0.2, 0.25) is 0 Å². The molecule has 0 unspecified atom stereocenters. The van der Waals surface area contributed by atoms with E-state index in [-0.39, 0.29) is 40.2 Å². The van der Waals surface area contributed by atoms with Crippen molar-refractivity contribution in [2.45, 2.75) is 6.92 Å². The van der Waals surface area contributed by atoms with Crippen LogP contribution in [0, 0.1) is 220 Å². The van der Waals surface area contributed by atoms with Gasteiger partial charge < -0.3 is 20.2 Å². The molecule has 0 aliphatic heterocycles. The van der Waals surface area contributed by atoms with Crippen molar-refractivity contribution < 1.29 is 40.2 Å². The van der Waals surface area contributed by atoms with E-state index in [1.165, 1.54) is 16.2 Å². The van der Waals surface area contributed by atoms with Gasteiger partial charge in [-0.05, 0) is 154 Å². The van der Waals surface area contributed by atoms with Crippen molar-refractivity contribution in [3.05, 3.63) is 117 Å². The molecule has 0 amide bonds. The fourth-order valence-corrected chi connectivity index (χ4v) is 5.81. The molecule has 6 nitrogen and oxygen atoms in total. The molecule has 2 radical (unpaired) electrons. The smallest absolute Gasteiger partial charge is 0.0948 e. The minimum absolute atomic E-state index is 0. The third kappa shape index (κ3) is 17.0. The van der Waals surface area contributed by atoms with Crippen molar-refractivity contribution in [3.8, 4) is 207 Å². The van der Waals surface area contributed by atoms with Gasteiger partial charge in [0.25, 0.3) is 0 Å². The Kier molecular flexibility index (Phi) is 23.9. The zero-order valence-electron chi connectivity index (χ0n) is 37.7. The van der Waals surface area contributed by atoms with Gasteiger partial charge in [-0.3, -0.25) is 20.9 Å². The quantitative estimate of drug-likeness (QED) is 0.0988. The van der Waals surface area contributed by atoms with Crippen molar-refractivity contribution >= 4 is 54.6 Å². The van der Waals surface area contributed by atoms with E-state index < -0.39 is 0 Å². The van der Waals surface area contributed by atoms with Crippen LogP contribution in [0.4, 0.5) is 0 Å². The summed E-state index contributed by atoms with van der Waals surface area (Å²) in [4.78, 5) is 17.4. The summed E-state index contributed by atoms with van der Waals surface area (Å²) in [6, 6.07) is 21.5. The summed E-state index contributed by atoms with van der Waals surface area (Å²) in [6.07, 6.45) is 21.7. The van der Waals surface area contributed by atoms with E-state index in [1.54, 1.807) is 6.92 Å². The van der Waals surface area contributed by atoms with Crippen LogP contribution in [0.5, 0.6) is 0 Å². The van der Waals surface area contributed by atoms with Gasteiger partial charge in [-0.2, -0.15) is 12.1 Å². The molecule has 0 saturated heterocycles. The Bertz CT molecular complexity index is 4400. The second-order valence-corrected chi connectivity index (χ2v) is 12.5. The molecule has 330 valence electrons. The third-order valence-electron chi connectivity index (χ3n) is 8.40. The molecule has 0 aliphatic rings. The number of hydrogen-bond acceptors (Lipinski definition) is 4. The van der Waals surface area contributed by atoms with Crippen LogP contribution in [0.2, 0.25) is 0 Å². The zero-order valence-corrected chi connectivity index (χ0v) is 42.5. The van der Waals surface area contributed by atoms with Crippen molar-refractivity contribution in [1.82, 2.24) is 28.7 Å². The summed E-state index contributed by atoms with van der Waals surface area (Å²) >= 11 is 0. The number of nitrogens with zero attached hydrogens (tertiary/aromatic N) is 6. The molecule has 8 aromatic rings. The molecule has 8 rings (SSSR count). The fourth-order valence-electron chi connectivity index (χ4n) is 5.81. The number of aromatic nitrogens is 6. The maximum Gasteiger partial charge on any atom is 0.0948 e. The van der Waals surface area contributed by atoms with Crippen molar-refractivity contribution in [1.29, 1.82) is 0 Å². The Morgan fingerprint density at radius 2 is 0.767 bits per heavy atom. The van der Waals surface area contributed by atoms with Crippen LogP contribution in [0.1, 0.15) is 6.92 Å². The van der Waals surface area contributed by atoms with Crippen LogP contribution in [0.3, 0.4) is 0 Å². The Hall–Kier alpha value is -11.5. The maximum absolute atomic E-state index is 6.55. The standard InChI is InChI=1S/C37H3.C14H9N3.C14H8N3.2Ir/c1-3-5-7-9-11-13-15-17-19-21-23-25-27-29-31-33-35-37-36-34-32-30-28-26-24-22-20-18-16-14-12-10-8-6-4-2;2*1-3-11-10-5-7-15-9-13(10)17-8-2-4-12(17)14(11)16-6-1;;/h1H3;1-9H;1-3,5-9H;;/q-1;;-1;;. The first-order valence-corrected chi connectivity index (χ1v) is 20.2. The van der Waals surface area contributed by atoms with E-state index in [0.29, 0.717) is 0 Å². The van der Waals surface area contributed by atoms with Gasteiger partial charge in [0.05, 0.1) is 34.5 Å². The van der Waals surface area contributed by atoms with Crippen LogP contribution in [-0.4, -0.2) is 28.7 Å². The van der Waals surface area contributed by atoms with Crippen molar-refractivity contribution in [2.75, 3.05) is 0 Å².